The largest absolute Gasteiger partial charge is 0.370 e. The first-order valence-electron chi connectivity index (χ1n) is 8.82. The van der Waals surface area contributed by atoms with Crippen molar-refractivity contribution in [2.75, 3.05) is 18.0 Å². The molecule has 1 fully saturated rings. The fourth-order valence-electron chi connectivity index (χ4n) is 3.73. The van der Waals surface area contributed by atoms with Crippen molar-refractivity contribution < 1.29 is 4.39 Å². The summed E-state index contributed by atoms with van der Waals surface area (Å²) in [7, 11) is 0. The predicted molar refractivity (Wildman–Crippen MR) is 96.3 cm³/mol. The smallest absolute Gasteiger partial charge is 0.137 e. The third-order valence-electron chi connectivity index (χ3n) is 4.97. The standard InChI is InChI=1S/C19H22FN5/c1-13(2)25-12-22-23-19(25)14-4-3-9-24(11-14)18-7-8-21-17-10-15(20)5-6-16(17)18/h5-8,10,12-14H,3-4,9,11H2,1-2H3. The van der Waals surface area contributed by atoms with E-state index in [0.29, 0.717) is 17.5 Å². The van der Waals surface area contributed by atoms with Gasteiger partial charge in [-0.05, 0) is 44.9 Å². The van der Waals surface area contributed by atoms with Gasteiger partial charge in [-0.3, -0.25) is 4.98 Å². The molecule has 1 aliphatic rings. The maximum absolute atomic E-state index is 13.5. The van der Waals surface area contributed by atoms with Crippen LogP contribution in [0, 0.1) is 5.82 Å². The third kappa shape index (κ3) is 2.97. The molecule has 1 saturated heterocycles. The van der Waals surface area contributed by atoms with Crippen LogP contribution >= 0.6 is 0 Å². The lowest BCUT2D eigenvalue weighted by Gasteiger charge is -2.35. The van der Waals surface area contributed by atoms with E-state index in [9.17, 15) is 4.39 Å². The second-order valence-electron chi connectivity index (χ2n) is 6.97. The highest BCUT2D eigenvalue weighted by Crippen LogP contribution is 2.33. The number of fused-ring (bicyclic) bond motifs is 1. The highest BCUT2D eigenvalue weighted by Gasteiger charge is 2.27. The summed E-state index contributed by atoms with van der Waals surface area (Å²) in [6.07, 6.45) is 5.79. The van der Waals surface area contributed by atoms with Crippen LogP contribution in [0.2, 0.25) is 0 Å². The number of rotatable bonds is 3. The van der Waals surface area contributed by atoms with Crippen molar-refractivity contribution in [1.82, 2.24) is 19.7 Å². The number of hydrogen-bond donors (Lipinski definition) is 0. The van der Waals surface area contributed by atoms with Gasteiger partial charge in [0.2, 0.25) is 0 Å². The summed E-state index contributed by atoms with van der Waals surface area (Å²) in [5.41, 5.74) is 1.82. The molecule has 25 heavy (non-hydrogen) atoms. The fraction of sp³-hybridized carbons (Fsp3) is 0.421. The fourth-order valence-corrected chi connectivity index (χ4v) is 3.73. The van der Waals surface area contributed by atoms with Gasteiger partial charge in [-0.15, -0.1) is 10.2 Å². The lowest BCUT2D eigenvalue weighted by Crippen LogP contribution is -2.35. The van der Waals surface area contributed by atoms with Gasteiger partial charge in [0.1, 0.15) is 18.0 Å². The summed E-state index contributed by atoms with van der Waals surface area (Å²) in [6, 6.07) is 7.20. The number of benzene rings is 1. The van der Waals surface area contributed by atoms with Crippen molar-refractivity contribution in [3.63, 3.8) is 0 Å². The van der Waals surface area contributed by atoms with E-state index in [4.69, 9.17) is 0 Å². The number of halogens is 1. The van der Waals surface area contributed by atoms with Gasteiger partial charge in [0.25, 0.3) is 0 Å². The quantitative estimate of drug-likeness (QED) is 0.725. The zero-order valence-corrected chi connectivity index (χ0v) is 14.6. The topological polar surface area (TPSA) is 46.8 Å². The van der Waals surface area contributed by atoms with E-state index in [2.05, 4.69) is 38.5 Å². The van der Waals surface area contributed by atoms with Crippen molar-refractivity contribution in [1.29, 1.82) is 0 Å². The molecule has 0 radical (unpaired) electrons. The maximum Gasteiger partial charge on any atom is 0.137 e. The Morgan fingerprint density at radius 2 is 2.12 bits per heavy atom. The second kappa shape index (κ2) is 6.43. The van der Waals surface area contributed by atoms with E-state index in [0.717, 1.165) is 42.8 Å². The highest BCUT2D eigenvalue weighted by atomic mass is 19.1. The molecule has 2 aromatic heterocycles. The highest BCUT2D eigenvalue weighted by molar-refractivity contribution is 5.91. The first-order valence-corrected chi connectivity index (χ1v) is 8.82. The normalized spacial score (nSPS) is 18.2. The van der Waals surface area contributed by atoms with Crippen LogP contribution in [0.25, 0.3) is 10.9 Å². The Morgan fingerprint density at radius 1 is 1.24 bits per heavy atom. The molecule has 6 heteroatoms. The van der Waals surface area contributed by atoms with Crippen molar-refractivity contribution >= 4 is 16.6 Å². The number of hydrogen-bond acceptors (Lipinski definition) is 4. The van der Waals surface area contributed by atoms with Gasteiger partial charge in [0.05, 0.1) is 5.52 Å². The van der Waals surface area contributed by atoms with Gasteiger partial charge in [0, 0.05) is 48.4 Å². The number of pyridine rings is 1. The molecule has 130 valence electrons. The van der Waals surface area contributed by atoms with Gasteiger partial charge >= 0.3 is 0 Å². The monoisotopic (exact) mass is 339 g/mol. The Morgan fingerprint density at radius 3 is 2.96 bits per heavy atom. The molecule has 1 aromatic carbocycles. The molecule has 1 unspecified atom stereocenters. The Labute approximate surface area is 146 Å². The number of nitrogens with zero attached hydrogens (tertiary/aromatic N) is 5. The number of anilines is 1. The zero-order valence-electron chi connectivity index (χ0n) is 14.6. The van der Waals surface area contributed by atoms with Gasteiger partial charge in [-0.2, -0.15) is 0 Å². The van der Waals surface area contributed by atoms with Gasteiger partial charge in [-0.1, -0.05) is 0 Å². The molecule has 0 N–H and O–H groups in total. The van der Waals surface area contributed by atoms with Crippen LogP contribution in [0.5, 0.6) is 0 Å². The van der Waals surface area contributed by atoms with Gasteiger partial charge in [0.15, 0.2) is 0 Å². The minimum Gasteiger partial charge on any atom is -0.370 e. The van der Waals surface area contributed by atoms with E-state index in [-0.39, 0.29) is 5.82 Å². The van der Waals surface area contributed by atoms with Crippen molar-refractivity contribution in [3.05, 3.63) is 48.4 Å². The summed E-state index contributed by atoms with van der Waals surface area (Å²) < 4.78 is 15.7. The molecule has 5 nitrogen and oxygen atoms in total. The van der Waals surface area contributed by atoms with Crippen LogP contribution in [0.15, 0.2) is 36.8 Å². The average molecular weight is 339 g/mol. The molecule has 0 spiro atoms. The third-order valence-corrected chi connectivity index (χ3v) is 4.97. The Hall–Kier alpha value is -2.50. The van der Waals surface area contributed by atoms with Crippen molar-refractivity contribution in [3.8, 4) is 0 Å². The minimum atomic E-state index is -0.251. The molecule has 3 heterocycles. The molecule has 0 amide bonds. The van der Waals surface area contributed by atoms with E-state index in [1.54, 1.807) is 6.20 Å². The van der Waals surface area contributed by atoms with E-state index >= 15 is 0 Å². The SMILES string of the molecule is CC(C)n1cnnc1C1CCCN(c2ccnc3cc(F)ccc23)C1. The molecular weight excluding hydrogens is 317 g/mol. The van der Waals surface area contributed by atoms with Gasteiger partial charge < -0.3 is 9.47 Å². The maximum atomic E-state index is 13.5. The second-order valence-corrected chi connectivity index (χ2v) is 6.97. The molecule has 3 aromatic rings. The van der Waals surface area contributed by atoms with E-state index in [1.807, 2.05) is 18.5 Å². The van der Waals surface area contributed by atoms with Crippen LogP contribution in [0.4, 0.5) is 10.1 Å². The van der Waals surface area contributed by atoms with Crippen LogP contribution in [-0.2, 0) is 0 Å². The van der Waals surface area contributed by atoms with Crippen LogP contribution in [0.1, 0.15) is 44.5 Å². The number of piperidine rings is 1. The number of aromatic nitrogens is 4. The molecule has 0 bridgehead atoms. The predicted octanol–water partition coefficient (Wildman–Crippen LogP) is 3.93. The Kier molecular flexibility index (Phi) is 4.11. The minimum absolute atomic E-state index is 0.251. The van der Waals surface area contributed by atoms with Crippen LogP contribution in [0.3, 0.4) is 0 Å². The summed E-state index contributed by atoms with van der Waals surface area (Å²) in [5.74, 6) is 1.16. The van der Waals surface area contributed by atoms with Crippen molar-refractivity contribution in [2.24, 2.45) is 0 Å². The van der Waals surface area contributed by atoms with E-state index in [1.165, 1.54) is 12.1 Å². The van der Waals surface area contributed by atoms with Gasteiger partial charge in [-0.25, -0.2) is 4.39 Å². The molecule has 0 aliphatic carbocycles. The summed E-state index contributed by atoms with van der Waals surface area (Å²) in [5, 5.41) is 9.50. The summed E-state index contributed by atoms with van der Waals surface area (Å²) in [6.45, 7) is 6.18. The zero-order chi connectivity index (χ0) is 17.4. The van der Waals surface area contributed by atoms with Crippen LogP contribution in [-0.4, -0.2) is 32.8 Å². The summed E-state index contributed by atoms with van der Waals surface area (Å²) in [4.78, 5) is 6.68. The molecule has 0 saturated carbocycles. The molecule has 1 atom stereocenters. The lowest BCUT2D eigenvalue weighted by atomic mass is 9.96. The molecule has 1 aliphatic heterocycles. The molecular formula is C19H22FN5. The Bertz CT molecular complexity index is 888. The average Bonchev–Trinajstić information content (AvgIpc) is 3.11. The van der Waals surface area contributed by atoms with Crippen LogP contribution < -0.4 is 4.90 Å². The lowest BCUT2D eigenvalue weighted by molar-refractivity contribution is 0.455. The molecule has 4 rings (SSSR count). The van der Waals surface area contributed by atoms with Crippen molar-refractivity contribution in [2.45, 2.75) is 38.6 Å². The first kappa shape index (κ1) is 16.0. The first-order chi connectivity index (χ1) is 12.1. The Balaban J connectivity index is 1.67. The van der Waals surface area contributed by atoms with E-state index < -0.39 is 0 Å². The summed E-state index contributed by atoms with van der Waals surface area (Å²) >= 11 is 0.